The molecule has 2 aliphatic heterocycles. The molecule has 0 bridgehead atoms. The highest BCUT2D eigenvalue weighted by Crippen LogP contribution is 2.31. The smallest absolute Gasteiger partial charge is 0.267 e. The summed E-state index contributed by atoms with van der Waals surface area (Å²) >= 11 is 0. The van der Waals surface area contributed by atoms with Crippen LogP contribution in [0.3, 0.4) is 0 Å². The Kier molecular flexibility index (Phi) is 6.19. The monoisotopic (exact) mass is 474 g/mol. The maximum atomic E-state index is 13.4. The van der Waals surface area contributed by atoms with Gasteiger partial charge in [-0.3, -0.25) is 14.3 Å². The van der Waals surface area contributed by atoms with E-state index in [9.17, 15) is 9.59 Å². The minimum atomic E-state index is -0.670. The number of hydrogen-bond acceptors (Lipinski definition) is 5. The van der Waals surface area contributed by atoms with Crippen molar-refractivity contribution in [3.63, 3.8) is 0 Å². The molecule has 2 amide bonds. The van der Waals surface area contributed by atoms with Crippen molar-refractivity contribution in [1.82, 2.24) is 19.6 Å². The van der Waals surface area contributed by atoms with Crippen LogP contribution in [0, 0.1) is 20.8 Å². The minimum absolute atomic E-state index is 0.0339. The number of amides is 2. The van der Waals surface area contributed by atoms with Crippen molar-refractivity contribution in [1.29, 1.82) is 0 Å². The van der Waals surface area contributed by atoms with Crippen molar-refractivity contribution in [3.8, 4) is 11.5 Å². The number of carbonyl (C=O) groups excluding carboxylic acids is 2. The van der Waals surface area contributed by atoms with Gasteiger partial charge in [0, 0.05) is 31.9 Å². The van der Waals surface area contributed by atoms with Gasteiger partial charge in [0.15, 0.2) is 11.5 Å². The number of nitrogens with zero attached hydrogens (tertiary/aromatic N) is 4. The number of ether oxygens (including phenoxy) is 2. The molecule has 1 atom stereocenters. The summed E-state index contributed by atoms with van der Waals surface area (Å²) in [5, 5.41) is 4.64. The van der Waals surface area contributed by atoms with Gasteiger partial charge in [-0.15, -0.1) is 0 Å². The van der Waals surface area contributed by atoms with Crippen LogP contribution in [-0.2, 0) is 11.3 Å². The van der Waals surface area contributed by atoms with Crippen LogP contribution in [0.2, 0.25) is 0 Å². The molecule has 8 nitrogen and oxygen atoms in total. The zero-order valence-electron chi connectivity index (χ0n) is 20.4. The number of hydrogen-bond donors (Lipinski definition) is 0. The van der Waals surface area contributed by atoms with Crippen LogP contribution < -0.4 is 9.47 Å². The maximum absolute atomic E-state index is 13.4. The lowest BCUT2D eigenvalue weighted by Crippen LogP contribution is -2.55. The average molecular weight is 475 g/mol. The molecule has 0 unspecified atom stereocenters. The lowest BCUT2D eigenvalue weighted by molar-refractivity contribution is -0.142. The molecule has 2 aromatic carbocycles. The average Bonchev–Trinajstić information content (AvgIpc) is 3.16. The molecule has 0 spiro atoms. The molecule has 0 aliphatic carbocycles. The van der Waals surface area contributed by atoms with E-state index in [0.29, 0.717) is 49.8 Å². The SMILES string of the molecule is Cc1ccc(Cn2nc(C)c(C(=O)N3CCN(C(=O)[C@@H]4COc5ccccc5O4)CC3)c2C)cc1. The van der Waals surface area contributed by atoms with Crippen molar-refractivity contribution in [3.05, 3.63) is 76.6 Å². The lowest BCUT2D eigenvalue weighted by atomic mass is 10.1. The quantitative estimate of drug-likeness (QED) is 0.581. The number of fused-ring (bicyclic) bond motifs is 1. The molecule has 0 radical (unpaired) electrons. The molecule has 35 heavy (non-hydrogen) atoms. The van der Waals surface area contributed by atoms with Gasteiger partial charge in [0.25, 0.3) is 11.8 Å². The molecule has 182 valence electrons. The van der Waals surface area contributed by atoms with Gasteiger partial charge in [-0.05, 0) is 38.5 Å². The number of piperazine rings is 1. The van der Waals surface area contributed by atoms with E-state index in [2.05, 4.69) is 36.3 Å². The highest BCUT2D eigenvalue weighted by Gasteiger charge is 2.34. The van der Waals surface area contributed by atoms with Crippen LogP contribution in [0.15, 0.2) is 48.5 Å². The Bertz CT molecular complexity index is 1240. The minimum Gasteiger partial charge on any atom is -0.485 e. The van der Waals surface area contributed by atoms with Crippen molar-refractivity contribution in [2.45, 2.75) is 33.4 Å². The predicted octanol–water partition coefficient (Wildman–Crippen LogP) is 2.98. The first-order valence-electron chi connectivity index (χ1n) is 12.0. The highest BCUT2D eigenvalue weighted by molar-refractivity contribution is 5.96. The van der Waals surface area contributed by atoms with Crippen molar-refractivity contribution in [2.24, 2.45) is 0 Å². The summed E-state index contributed by atoms with van der Waals surface area (Å²) in [7, 11) is 0. The van der Waals surface area contributed by atoms with E-state index in [4.69, 9.17) is 9.47 Å². The number of carbonyl (C=O) groups is 2. The summed E-state index contributed by atoms with van der Waals surface area (Å²) in [6.45, 7) is 8.55. The molecular weight excluding hydrogens is 444 g/mol. The Labute approximate surface area is 205 Å². The summed E-state index contributed by atoms with van der Waals surface area (Å²) in [5.74, 6) is 1.10. The Balaban J connectivity index is 1.21. The topological polar surface area (TPSA) is 76.9 Å². The largest absolute Gasteiger partial charge is 0.485 e. The van der Waals surface area contributed by atoms with Gasteiger partial charge in [-0.25, -0.2) is 0 Å². The van der Waals surface area contributed by atoms with E-state index < -0.39 is 6.10 Å². The Morgan fingerprint density at radius 1 is 0.914 bits per heavy atom. The van der Waals surface area contributed by atoms with E-state index in [1.807, 2.05) is 41.6 Å². The predicted molar refractivity (Wildman–Crippen MR) is 131 cm³/mol. The van der Waals surface area contributed by atoms with E-state index in [1.54, 1.807) is 11.0 Å². The number of aromatic nitrogens is 2. The van der Waals surface area contributed by atoms with Gasteiger partial charge >= 0.3 is 0 Å². The van der Waals surface area contributed by atoms with Gasteiger partial charge < -0.3 is 19.3 Å². The maximum Gasteiger partial charge on any atom is 0.267 e. The second-order valence-corrected chi connectivity index (χ2v) is 9.17. The third-order valence-electron chi connectivity index (χ3n) is 6.71. The van der Waals surface area contributed by atoms with Gasteiger partial charge in [0.2, 0.25) is 6.10 Å². The zero-order valence-corrected chi connectivity index (χ0v) is 20.4. The van der Waals surface area contributed by atoms with Gasteiger partial charge in [-0.1, -0.05) is 42.0 Å². The fourth-order valence-electron chi connectivity index (χ4n) is 4.66. The number of benzene rings is 2. The number of aryl methyl sites for hydroxylation is 2. The fraction of sp³-hybridized carbons (Fsp3) is 0.370. The van der Waals surface area contributed by atoms with Crippen molar-refractivity contribution >= 4 is 11.8 Å². The molecule has 1 fully saturated rings. The summed E-state index contributed by atoms with van der Waals surface area (Å²) in [5.41, 5.74) is 4.59. The molecule has 1 saturated heterocycles. The van der Waals surface area contributed by atoms with Crippen LogP contribution in [0.5, 0.6) is 11.5 Å². The van der Waals surface area contributed by atoms with Gasteiger partial charge in [0.1, 0.15) is 6.61 Å². The fourth-order valence-corrected chi connectivity index (χ4v) is 4.66. The molecule has 8 heteroatoms. The molecule has 1 aromatic heterocycles. The number of para-hydroxylation sites is 2. The van der Waals surface area contributed by atoms with Crippen molar-refractivity contribution < 1.29 is 19.1 Å². The van der Waals surface area contributed by atoms with E-state index in [-0.39, 0.29) is 18.4 Å². The molecule has 0 N–H and O–H groups in total. The van der Waals surface area contributed by atoms with Gasteiger partial charge in [-0.2, -0.15) is 5.10 Å². The van der Waals surface area contributed by atoms with E-state index in [1.165, 1.54) is 5.56 Å². The second kappa shape index (κ2) is 9.44. The summed E-state index contributed by atoms with van der Waals surface area (Å²) in [6.07, 6.45) is -0.670. The van der Waals surface area contributed by atoms with Crippen LogP contribution in [0.4, 0.5) is 0 Å². The molecule has 5 rings (SSSR count). The Hall–Kier alpha value is -3.81. The highest BCUT2D eigenvalue weighted by atomic mass is 16.6. The van der Waals surface area contributed by atoms with Crippen LogP contribution in [0.1, 0.15) is 32.9 Å². The first-order chi connectivity index (χ1) is 16.9. The molecule has 3 aromatic rings. The molecular formula is C27H30N4O4. The van der Waals surface area contributed by atoms with Gasteiger partial charge in [0.05, 0.1) is 17.8 Å². The van der Waals surface area contributed by atoms with Crippen LogP contribution in [0.25, 0.3) is 0 Å². The lowest BCUT2D eigenvalue weighted by Gasteiger charge is -2.37. The summed E-state index contributed by atoms with van der Waals surface area (Å²) < 4.78 is 13.5. The molecule has 2 aliphatic rings. The normalized spacial score (nSPS) is 17.4. The Morgan fingerprint density at radius 2 is 1.57 bits per heavy atom. The van der Waals surface area contributed by atoms with Crippen LogP contribution in [-0.4, -0.2) is 70.3 Å². The standard InChI is InChI=1S/C27H30N4O4/c1-18-8-10-21(11-9-18)16-31-20(3)25(19(2)28-31)27(33)30-14-12-29(13-15-30)26(32)24-17-34-22-6-4-5-7-23(22)35-24/h4-11,24H,12-17H2,1-3H3/t24-/m0/s1. The first-order valence-corrected chi connectivity index (χ1v) is 12.0. The van der Waals surface area contributed by atoms with E-state index >= 15 is 0 Å². The third-order valence-corrected chi connectivity index (χ3v) is 6.71. The zero-order chi connectivity index (χ0) is 24.5. The summed E-state index contributed by atoms with van der Waals surface area (Å²) in [4.78, 5) is 30.0. The first kappa shape index (κ1) is 23.0. The summed E-state index contributed by atoms with van der Waals surface area (Å²) in [6, 6.07) is 15.7. The number of rotatable bonds is 4. The molecule has 3 heterocycles. The third kappa shape index (κ3) is 4.60. The second-order valence-electron chi connectivity index (χ2n) is 9.17. The van der Waals surface area contributed by atoms with E-state index in [0.717, 1.165) is 17.0 Å². The van der Waals surface area contributed by atoms with Crippen LogP contribution >= 0.6 is 0 Å². The molecule has 0 saturated carbocycles. The van der Waals surface area contributed by atoms with Crippen molar-refractivity contribution in [2.75, 3.05) is 32.8 Å². The Morgan fingerprint density at radius 3 is 2.29 bits per heavy atom.